The summed E-state index contributed by atoms with van der Waals surface area (Å²) >= 11 is 0. The number of ether oxygens (including phenoxy) is 2. The van der Waals surface area contributed by atoms with E-state index < -0.39 is 13.7 Å². The highest BCUT2D eigenvalue weighted by Crippen LogP contribution is 2.42. The zero-order valence-electron chi connectivity index (χ0n) is 16.8. The predicted molar refractivity (Wildman–Crippen MR) is 117 cm³/mol. The summed E-state index contributed by atoms with van der Waals surface area (Å²) in [6, 6.07) is 31.6. The van der Waals surface area contributed by atoms with Crippen LogP contribution in [0.1, 0.15) is 16.7 Å². The molecule has 1 aliphatic heterocycles. The Morgan fingerprint density at radius 3 is 1.43 bits per heavy atom. The average Bonchev–Trinajstić information content (AvgIpc) is 3.51. The van der Waals surface area contributed by atoms with Crippen molar-refractivity contribution in [2.75, 3.05) is 6.61 Å². The molecular formula is C25H28O2Si. The molecule has 1 fully saturated rings. The first-order chi connectivity index (χ1) is 13.5. The summed E-state index contributed by atoms with van der Waals surface area (Å²) in [6.45, 7) is 7.66. The molecule has 0 aromatic heterocycles. The van der Waals surface area contributed by atoms with E-state index in [0.29, 0.717) is 12.3 Å². The first-order valence-corrected chi connectivity index (χ1v) is 13.6. The van der Waals surface area contributed by atoms with E-state index in [0.717, 1.165) is 16.7 Å². The first-order valence-electron chi connectivity index (χ1n) is 9.98. The maximum atomic E-state index is 6.83. The SMILES string of the molecule is C[Si](C)(C)[C@H]1O[C@H]1COC(c1ccccc1)(c1ccccc1)c1ccccc1. The normalized spacial score (nSPS) is 19.4. The number of hydrogen-bond donors (Lipinski definition) is 0. The van der Waals surface area contributed by atoms with Crippen molar-refractivity contribution in [1.29, 1.82) is 0 Å². The van der Waals surface area contributed by atoms with Gasteiger partial charge in [0.2, 0.25) is 0 Å². The molecule has 1 heterocycles. The van der Waals surface area contributed by atoms with Crippen molar-refractivity contribution >= 4 is 8.07 Å². The molecule has 3 aromatic rings. The molecule has 144 valence electrons. The molecule has 0 N–H and O–H groups in total. The van der Waals surface area contributed by atoms with E-state index in [2.05, 4.69) is 111 Å². The fourth-order valence-electron chi connectivity index (χ4n) is 4.01. The summed E-state index contributed by atoms with van der Waals surface area (Å²) in [6.07, 6.45) is 0.196. The van der Waals surface area contributed by atoms with Gasteiger partial charge in [0.05, 0.1) is 20.4 Å². The van der Waals surface area contributed by atoms with Crippen molar-refractivity contribution < 1.29 is 9.47 Å². The quantitative estimate of drug-likeness (QED) is 0.297. The van der Waals surface area contributed by atoms with Gasteiger partial charge in [0.25, 0.3) is 0 Å². The first kappa shape index (κ1) is 19.1. The van der Waals surface area contributed by atoms with Gasteiger partial charge in [0.1, 0.15) is 11.7 Å². The number of benzene rings is 3. The van der Waals surface area contributed by atoms with Crippen LogP contribution in [-0.4, -0.2) is 26.5 Å². The maximum Gasteiger partial charge on any atom is 0.143 e. The van der Waals surface area contributed by atoms with Crippen LogP contribution in [0.15, 0.2) is 91.0 Å². The molecule has 28 heavy (non-hydrogen) atoms. The average molecular weight is 389 g/mol. The van der Waals surface area contributed by atoms with Crippen LogP contribution in [-0.2, 0) is 15.1 Å². The van der Waals surface area contributed by atoms with E-state index in [9.17, 15) is 0 Å². The second-order valence-electron chi connectivity index (χ2n) is 8.55. The summed E-state index contributed by atoms with van der Waals surface area (Å²) in [5, 5.41) is 0. The Balaban J connectivity index is 1.78. The lowest BCUT2D eigenvalue weighted by Crippen LogP contribution is -2.36. The highest BCUT2D eigenvalue weighted by atomic mass is 28.3. The van der Waals surface area contributed by atoms with Crippen molar-refractivity contribution in [2.24, 2.45) is 0 Å². The van der Waals surface area contributed by atoms with Crippen LogP contribution in [0.3, 0.4) is 0 Å². The lowest BCUT2D eigenvalue weighted by molar-refractivity contribution is 0.00429. The van der Waals surface area contributed by atoms with Crippen LogP contribution in [0, 0.1) is 0 Å². The summed E-state index contributed by atoms with van der Waals surface area (Å²) in [4.78, 5) is 0. The van der Waals surface area contributed by atoms with Crippen LogP contribution in [0.5, 0.6) is 0 Å². The molecule has 1 saturated heterocycles. The molecule has 0 amide bonds. The van der Waals surface area contributed by atoms with Gasteiger partial charge in [-0.25, -0.2) is 0 Å². The van der Waals surface area contributed by atoms with E-state index in [1.807, 2.05) is 0 Å². The van der Waals surface area contributed by atoms with E-state index in [1.54, 1.807) is 0 Å². The Hall–Kier alpha value is -2.20. The largest absolute Gasteiger partial charge is 0.371 e. The van der Waals surface area contributed by atoms with Gasteiger partial charge in [-0.2, -0.15) is 0 Å². The zero-order valence-corrected chi connectivity index (χ0v) is 17.8. The van der Waals surface area contributed by atoms with E-state index in [4.69, 9.17) is 9.47 Å². The van der Waals surface area contributed by atoms with Gasteiger partial charge in [0, 0.05) is 0 Å². The third-order valence-electron chi connectivity index (χ3n) is 5.44. The van der Waals surface area contributed by atoms with Crippen molar-refractivity contribution in [2.45, 2.75) is 37.1 Å². The number of epoxide rings is 1. The molecule has 4 rings (SSSR count). The lowest BCUT2D eigenvalue weighted by Gasteiger charge is -2.36. The molecule has 3 aromatic carbocycles. The summed E-state index contributed by atoms with van der Waals surface area (Å²) in [5.74, 6) is 0. The van der Waals surface area contributed by atoms with Gasteiger partial charge in [-0.05, 0) is 16.7 Å². The summed E-state index contributed by atoms with van der Waals surface area (Å²) in [7, 11) is -1.32. The fraction of sp³-hybridized carbons (Fsp3) is 0.280. The molecule has 0 unspecified atom stereocenters. The standard InChI is InChI=1S/C25H28O2Si/c1-28(2,3)24-23(27-24)19-26-25(20-13-7-4-8-14-20,21-15-9-5-10-16-21)22-17-11-6-12-18-22/h4-18,23-24H,19H2,1-3H3/t23-,24+/m0/s1. The lowest BCUT2D eigenvalue weighted by atomic mass is 9.80. The van der Waals surface area contributed by atoms with Gasteiger partial charge in [0.15, 0.2) is 0 Å². The third kappa shape index (κ3) is 3.70. The van der Waals surface area contributed by atoms with Crippen molar-refractivity contribution in [3.05, 3.63) is 108 Å². The Morgan fingerprint density at radius 2 is 1.11 bits per heavy atom. The Morgan fingerprint density at radius 1 is 0.714 bits per heavy atom. The van der Waals surface area contributed by atoms with E-state index in [1.165, 1.54) is 0 Å². The van der Waals surface area contributed by atoms with E-state index >= 15 is 0 Å². The second-order valence-corrected chi connectivity index (χ2v) is 13.9. The van der Waals surface area contributed by atoms with Gasteiger partial charge < -0.3 is 9.47 Å². The Kier molecular flexibility index (Phi) is 5.24. The molecule has 0 spiro atoms. The van der Waals surface area contributed by atoms with Crippen molar-refractivity contribution in [3.63, 3.8) is 0 Å². The minimum atomic E-state index is -1.32. The van der Waals surface area contributed by atoms with Crippen LogP contribution in [0.2, 0.25) is 19.6 Å². The number of rotatable bonds is 7. The van der Waals surface area contributed by atoms with E-state index in [-0.39, 0.29) is 6.10 Å². The molecule has 1 aliphatic rings. The molecule has 2 atom stereocenters. The smallest absolute Gasteiger partial charge is 0.143 e. The molecule has 0 saturated carbocycles. The Labute approximate surface area is 169 Å². The van der Waals surface area contributed by atoms with Crippen LogP contribution >= 0.6 is 0 Å². The molecule has 0 bridgehead atoms. The second kappa shape index (κ2) is 7.67. The van der Waals surface area contributed by atoms with Gasteiger partial charge in [-0.1, -0.05) is 111 Å². The molecule has 0 aliphatic carbocycles. The topological polar surface area (TPSA) is 21.8 Å². The molecule has 2 nitrogen and oxygen atoms in total. The van der Waals surface area contributed by atoms with Gasteiger partial charge in [-0.3, -0.25) is 0 Å². The van der Waals surface area contributed by atoms with Gasteiger partial charge >= 0.3 is 0 Å². The maximum absolute atomic E-state index is 6.83. The fourth-order valence-corrected chi connectivity index (χ4v) is 5.80. The minimum absolute atomic E-state index is 0.196. The zero-order chi connectivity index (χ0) is 19.6. The molecule has 0 radical (unpaired) electrons. The highest BCUT2D eigenvalue weighted by molar-refractivity contribution is 6.78. The predicted octanol–water partition coefficient (Wildman–Crippen LogP) is 5.64. The van der Waals surface area contributed by atoms with Gasteiger partial charge in [-0.15, -0.1) is 0 Å². The van der Waals surface area contributed by atoms with Crippen molar-refractivity contribution in [1.82, 2.24) is 0 Å². The number of hydrogen-bond acceptors (Lipinski definition) is 2. The minimum Gasteiger partial charge on any atom is -0.371 e. The third-order valence-corrected chi connectivity index (χ3v) is 7.66. The van der Waals surface area contributed by atoms with Crippen LogP contribution in [0.4, 0.5) is 0 Å². The highest BCUT2D eigenvalue weighted by Gasteiger charge is 2.50. The van der Waals surface area contributed by atoms with Crippen LogP contribution in [0.25, 0.3) is 0 Å². The Bertz CT molecular complexity index is 791. The molecular weight excluding hydrogens is 360 g/mol. The molecule has 3 heteroatoms. The summed E-state index contributed by atoms with van der Waals surface area (Å²) < 4.78 is 12.9. The monoisotopic (exact) mass is 388 g/mol. The van der Waals surface area contributed by atoms with Crippen LogP contribution < -0.4 is 0 Å². The van der Waals surface area contributed by atoms with Crippen molar-refractivity contribution in [3.8, 4) is 0 Å². The summed E-state index contributed by atoms with van der Waals surface area (Å²) in [5.41, 5.74) is 3.14.